The molecule has 290 valence electrons. The van der Waals surface area contributed by atoms with Gasteiger partial charge in [-0.05, 0) is 32.1 Å². The molecule has 49 heavy (non-hydrogen) atoms. The molecule has 1 amide bonds. The molecule has 0 bridgehead atoms. The molecule has 0 radical (unpaired) electrons. The predicted molar refractivity (Wildman–Crippen MR) is 201 cm³/mol. The number of phosphoric acid groups is 1. The Bertz CT molecular complexity index is 825. The van der Waals surface area contributed by atoms with Crippen LogP contribution in [0.3, 0.4) is 0 Å². The monoisotopic (exact) mass is 718 g/mol. The van der Waals surface area contributed by atoms with Crippen molar-refractivity contribution in [2.75, 3.05) is 26.4 Å². The Morgan fingerprint density at radius 2 is 1.08 bits per heavy atom. The van der Waals surface area contributed by atoms with Crippen molar-refractivity contribution in [2.24, 2.45) is 0 Å². The molecule has 0 aliphatic rings. The van der Waals surface area contributed by atoms with Gasteiger partial charge in [0.1, 0.15) is 12.7 Å². The first-order valence-corrected chi connectivity index (χ1v) is 21.7. The van der Waals surface area contributed by atoms with Crippen LogP contribution in [0.5, 0.6) is 0 Å². The fourth-order valence-corrected chi connectivity index (χ4v) is 6.38. The van der Waals surface area contributed by atoms with Crippen LogP contribution in [0, 0.1) is 0 Å². The van der Waals surface area contributed by atoms with Gasteiger partial charge in [0.2, 0.25) is 5.91 Å². The van der Waals surface area contributed by atoms with Gasteiger partial charge in [0.25, 0.3) is 0 Å². The van der Waals surface area contributed by atoms with Crippen molar-refractivity contribution < 1.29 is 37.9 Å². The SMILES string of the molecule is CCC/C=C\CCCCCCCC(=O)NCCOP(=O)(O)OCC(O)COC(=O)CCCCCCCCCCCCCCCCCCCC. The molecule has 0 fully saturated rings. The fraction of sp³-hybridized carbons (Fsp3) is 0.897. The molecule has 0 saturated heterocycles. The van der Waals surface area contributed by atoms with E-state index in [4.69, 9.17) is 13.8 Å². The molecule has 10 heteroatoms. The second-order valence-electron chi connectivity index (χ2n) is 13.6. The van der Waals surface area contributed by atoms with Gasteiger partial charge in [0.15, 0.2) is 0 Å². The van der Waals surface area contributed by atoms with Crippen LogP contribution in [0.15, 0.2) is 12.2 Å². The lowest BCUT2D eigenvalue weighted by molar-refractivity contribution is -0.147. The summed E-state index contributed by atoms with van der Waals surface area (Å²) in [5, 5.41) is 12.6. The van der Waals surface area contributed by atoms with Gasteiger partial charge in [-0.2, -0.15) is 0 Å². The molecule has 0 aliphatic carbocycles. The third-order valence-electron chi connectivity index (χ3n) is 8.68. The highest BCUT2D eigenvalue weighted by Crippen LogP contribution is 2.42. The molecule has 9 nitrogen and oxygen atoms in total. The first-order chi connectivity index (χ1) is 23.8. The number of aliphatic hydroxyl groups excluding tert-OH is 1. The van der Waals surface area contributed by atoms with Crippen LogP contribution in [0.25, 0.3) is 0 Å². The van der Waals surface area contributed by atoms with Gasteiger partial charge >= 0.3 is 13.8 Å². The highest BCUT2D eigenvalue weighted by Gasteiger charge is 2.23. The molecule has 0 aliphatic heterocycles. The van der Waals surface area contributed by atoms with Gasteiger partial charge in [0, 0.05) is 19.4 Å². The summed E-state index contributed by atoms with van der Waals surface area (Å²) in [6.45, 7) is 3.49. The normalized spacial score (nSPS) is 13.5. The molecule has 2 atom stereocenters. The molecule has 0 spiro atoms. The van der Waals surface area contributed by atoms with E-state index in [1.807, 2.05) is 0 Å². The summed E-state index contributed by atoms with van der Waals surface area (Å²) >= 11 is 0. The smallest absolute Gasteiger partial charge is 0.463 e. The van der Waals surface area contributed by atoms with E-state index in [0.29, 0.717) is 6.42 Å². The maximum absolute atomic E-state index is 12.0. The van der Waals surface area contributed by atoms with Crippen molar-refractivity contribution in [3.63, 3.8) is 0 Å². The Balaban J connectivity index is 3.57. The zero-order chi connectivity index (χ0) is 36.1. The minimum atomic E-state index is -4.41. The van der Waals surface area contributed by atoms with Gasteiger partial charge in [0.05, 0.1) is 13.2 Å². The first-order valence-electron chi connectivity index (χ1n) is 20.2. The average Bonchev–Trinajstić information content (AvgIpc) is 3.08. The van der Waals surface area contributed by atoms with Crippen LogP contribution < -0.4 is 5.32 Å². The largest absolute Gasteiger partial charge is 0.472 e. The van der Waals surface area contributed by atoms with Gasteiger partial charge in [-0.25, -0.2) is 4.57 Å². The van der Waals surface area contributed by atoms with E-state index in [1.54, 1.807) is 0 Å². The molecule has 0 heterocycles. The lowest BCUT2D eigenvalue weighted by atomic mass is 10.0. The molecule has 0 aromatic heterocycles. The second kappa shape index (κ2) is 36.5. The van der Waals surface area contributed by atoms with Crippen LogP contribution in [0.4, 0.5) is 0 Å². The predicted octanol–water partition coefficient (Wildman–Crippen LogP) is 10.7. The van der Waals surface area contributed by atoms with Gasteiger partial charge in [-0.1, -0.05) is 161 Å². The number of ether oxygens (including phenoxy) is 1. The van der Waals surface area contributed by atoms with Crippen LogP contribution in [-0.2, 0) is 27.9 Å². The fourth-order valence-electron chi connectivity index (χ4n) is 5.62. The average molecular weight is 718 g/mol. The lowest BCUT2D eigenvalue weighted by Gasteiger charge is -2.15. The molecular formula is C39H76NO8P. The van der Waals surface area contributed by atoms with Gasteiger partial charge in [-0.3, -0.25) is 18.6 Å². The number of unbranched alkanes of at least 4 members (excludes halogenated alkanes) is 23. The Morgan fingerprint density at radius 1 is 0.612 bits per heavy atom. The number of esters is 1. The van der Waals surface area contributed by atoms with E-state index in [-0.39, 0.29) is 32.1 Å². The molecule has 3 N–H and O–H groups in total. The van der Waals surface area contributed by atoms with Gasteiger partial charge < -0.3 is 20.1 Å². The molecule has 2 unspecified atom stereocenters. The summed E-state index contributed by atoms with van der Waals surface area (Å²) in [6, 6.07) is 0. The number of carbonyl (C=O) groups is 2. The van der Waals surface area contributed by atoms with Crippen LogP contribution in [0.1, 0.15) is 194 Å². The number of phosphoric ester groups is 1. The molecule has 0 saturated carbocycles. The lowest BCUT2D eigenvalue weighted by Crippen LogP contribution is -2.27. The van der Waals surface area contributed by atoms with E-state index in [9.17, 15) is 24.2 Å². The summed E-state index contributed by atoms with van der Waals surface area (Å²) in [5.41, 5.74) is 0. The number of allylic oxidation sites excluding steroid dienone is 2. The highest BCUT2D eigenvalue weighted by atomic mass is 31.2. The number of hydrogen-bond acceptors (Lipinski definition) is 7. The number of hydrogen-bond donors (Lipinski definition) is 3. The molecule has 0 aromatic rings. The number of amides is 1. The summed E-state index contributed by atoms with van der Waals surface area (Å²) < 4.78 is 26.8. The summed E-state index contributed by atoms with van der Waals surface area (Å²) in [6.07, 6.45) is 35.8. The Kier molecular flexibility index (Phi) is 35.6. The zero-order valence-electron chi connectivity index (χ0n) is 31.7. The quantitative estimate of drug-likeness (QED) is 0.0249. The van der Waals surface area contributed by atoms with Crippen molar-refractivity contribution in [2.45, 2.75) is 200 Å². The molecule has 0 rings (SSSR count). The molecule has 0 aromatic carbocycles. The number of nitrogens with one attached hydrogen (secondary N) is 1. The zero-order valence-corrected chi connectivity index (χ0v) is 32.5. The summed E-state index contributed by atoms with van der Waals surface area (Å²) in [5.74, 6) is -0.521. The Labute approximate surface area is 300 Å². The van der Waals surface area contributed by atoms with Crippen molar-refractivity contribution in [1.82, 2.24) is 5.32 Å². The van der Waals surface area contributed by atoms with Crippen molar-refractivity contribution >= 4 is 19.7 Å². The third-order valence-corrected chi connectivity index (χ3v) is 9.66. The minimum Gasteiger partial charge on any atom is -0.463 e. The highest BCUT2D eigenvalue weighted by molar-refractivity contribution is 7.47. The first kappa shape index (κ1) is 47.8. The Morgan fingerprint density at radius 3 is 1.61 bits per heavy atom. The third kappa shape index (κ3) is 37.8. The summed E-state index contributed by atoms with van der Waals surface area (Å²) in [4.78, 5) is 33.7. The Hall–Kier alpha value is -1.25. The van der Waals surface area contributed by atoms with E-state index in [2.05, 4.69) is 31.3 Å². The summed E-state index contributed by atoms with van der Waals surface area (Å²) in [7, 11) is -4.41. The van der Waals surface area contributed by atoms with Crippen molar-refractivity contribution in [1.29, 1.82) is 0 Å². The number of rotatable bonds is 38. The minimum absolute atomic E-state index is 0.0798. The number of carbonyl (C=O) groups excluding carboxylic acids is 2. The maximum Gasteiger partial charge on any atom is 0.472 e. The van der Waals surface area contributed by atoms with Crippen LogP contribution in [-0.4, -0.2) is 54.3 Å². The van der Waals surface area contributed by atoms with E-state index in [1.165, 1.54) is 109 Å². The van der Waals surface area contributed by atoms with Crippen molar-refractivity contribution in [3.05, 3.63) is 12.2 Å². The van der Waals surface area contributed by atoms with Crippen molar-refractivity contribution in [3.8, 4) is 0 Å². The number of aliphatic hydroxyl groups is 1. The topological polar surface area (TPSA) is 131 Å². The van der Waals surface area contributed by atoms with Crippen LogP contribution in [0.2, 0.25) is 0 Å². The molecular weight excluding hydrogens is 641 g/mol. The standard InChI is InChI=1S/C39H76NO8P/c1-3-5-7-9-11-13-15-16-17-18-19-20-21-22-24-26-28-30-32-39(43)46-35-37(41)36-48-49(44,45)47-34-33-40-38(42)31-29-27-25-23-14-12-10-8-6-4-2/h8,10,37,41H,3-7,9,11-36H2,1-2H3,(H,40,42)(H,44,45)/b10-8-. The van der Waals surface area contributed by atoms with E-state index >= 15 is 0 Å². The van der Waals surface area contributed by atoms with Gasteiger partial charge in [-0.15, -0.1) is 0 Å². The van der Waals surface area contributed by atoms with E-state index in [0.717, 1.165) is 57.8 Å². The second-order valence-corrected chi connectivity index (χ2v) is 15.1. The van der Waals surface area contributed by atoms with Crippen LogP contribution >= 0.6 is 7.82 Å². The van der Waals surface area contributed by atoms with E-state index < -0.39 is 26.5 Å². The maximum atomic E-state index is 12.0.